The van der Waals surface area contributed by atoms with Crippen LogP contribution in [-0.4, -0.2) is 23.3 Å². The summed E-state index contributed by atoms with van der Waals surface area (Å²) in [5, 5.41) is 12.8. The molecule has 0 rings (SSSR count). The van der Waals surface area contributed by atoms with E-state index in [2.05, 4.69) is 33.0 Å². The van der Waals surface area contributed by atoms with Gasteiger partial charge >= 0.3 is 0 Å². The lowest BCUT2D eigenvalue weighted by Gasteiger charge is -2.32. The first-order chi connectivity index (χ1) is 6.11. The van der Waals surface area contributed by atoms with E-state index in [0.29, 0.717) is 6.04 Å². The Labute approximate surface area is 82.7 Å². The summed E-state index contributed by atoms with van der Waals surface area (Å²) in [6, 6.07) is 0.558. The van der Waals surface area contributed by atoms with Crippen molar-refractivity contribution >= 4 is 0 Å². The van der Waals surface area contributed by atoms with Gasteiger partial charge in [-0.1, -0.05) is 27.2 Å². The van der Waals surface area contributed by atoms with E-state index in [0.717, 1.165) is 12.8 Å². The van der Waals surface area contributed by atoms with Gasteiger partial charge in [0.25, 0.3) is 0 Å². The Balaban J connectivity index is 4.02. The van der Waals surface area contributed by atoms with Crippen molar-refractivity contribution in [2.75, 3.05) is 6.61 Å². The number of hydrogen-bond acceptors (Lipinski definition) is 2. The van der Waals surface area contributed by atoms with Crippen LogP contribution in [0.15, 0.2) is 0 Å². The van der Waals surface area contributed by atoms with Gasteiger partial charge in [-0.15, -0.1) is 0 Å². The topological polar surface area (TPSA) is 32.3 Å². The molecule has 0 aliphatic rings. The third kappa shape index (κ3) is 4.63. The summed E-state index contributed by atoms with van der Waals surface area (Å²) in [6.07, 6.45) is 4.52. The van der Waals surface area contributed by atoms with Crippen LogP contribution in [0.25, 0.3) is 0 Å². The summed E-state index contributed by atoms with van der Waals surface area (Å²) in [5.41, 5.74) is -0.0875. The van der Waals surface area contributed by atoms with Gasteiger partial charge in [0, 0.05) is 11.6 Å². The van der Waals surface area contributed by atoms with Crippen LogP contribution in [0.5, 0.6) is 0 Å². The van der Waals surface area contributed by atoms with E-state index >= 15 is 0 Å². The molecule has 0 aromatic carbocycles. The fraction of sp³-hybridized carbons (Fsp3) is 1.00. The highest BCUT2D eigenvalue weighted by Crippen LogP contribution is 2.12. The summed E-state index contributed by atoms with van der Waals surface area (Å²) in [4.78, 5) is 0. The lowest BCUT2D eigenvalue weighted by Crippen LogP contribution is -2.50. The molecular weight excluding hydrogens is 162 g/mol. The molecule has 2 unspecified atom stereocenters. The molecule has 0 aliphatic heterocycles. The SMILES string of the molecule is CCCC(CC)NC(C)(CC)CO. The predicted molar refractivity (Wildman–Crippen MR) is 57.9 cm³/mol. The van der Waals surface area contributed by atoms with E-state index in [-0.39, 0.29) is 12.1 Å². The summed E-state index contributed by atoms with van der Waals surface area (Å²) in [5.74, 6) is 0. The number of nitrogens with one attached hydrogen (secondary N) is 1. The fourth-order valence-corrected chi connectivity index (χ4v) is 1.48. The zero-order valence-corrected chi connectivity index (χ0v) is 9.56. The Morgan fingerprint density at radius 1 is 1.31 bits per heavy atom. The second-order valence-electron chi connectivity index (χ2n) is 4.11. The molecule has 0 heterocycles. The quantitative estimate of drug-likeness (QED) is 0.641. The van der Waals surface area contributed by atoms with Crippen molar-refractivity contribution in [3.8, 4) is 0 Å². The van der Waals surface area contributed by atoms with E-state index in [1.807, 2.05) is 0 Å². The highest BCUT2D eigenvalue weighted by atomic mass is 16.3. The van der Waals surface area contributed by atoms with Gasteiger partial charge in [-0.2, -0.15) is 0 Å². The van der Waals surface area contributed by atoms with Crippen molar-refractivity contribution in [1.29, 1.82) is 0 Å². The van der Waals surface area contributed by atoms with Crippen LogP contribution in [0, 0.1) is 0 Å². The summed E-state index contributed by atoms with van der Waals surface area (Å²) in [6.45, 7) is 8.82. The van der Waals surface area contributed by atoms with Crippen LogP contribution in [0.1, 0.15) is 53.4 Å². The highest BCUT2D eigenvalue weighted by molar-refractivity contribution is 4.84. The van der Waals surface area contributed by atoms with Gasteiger partial charge < -0.3 is 10.4 Å². The molecule has 0 aromatic rings. The van der Waals surface area contributed by atoms with Gasteiger partial charge in [-0.3, -0.25) is 0 Å². The molecule has 80 valence electrons. The second kappa shape index (κ2) is 6.39. The van der Waals surface area contributed by atoms with Crippen LogP contribution in [0.2, 0.25) is 0 Å². The van der Waals surface area contributed by atoms with Crippen molar-refractivity contribution in [2.24, 2.45) is 0 Å². The van der Waals surface area contributed by atoms with Gasteiger partial charge in [-0.25, -0.2) is 0 Å². The van der Waals surface area contributed by atoms with Crippen molar-refractivity contribution < 1.29 is 5.11 Å². The van der Waals surface area contributed by atoms with Gasteiger partial charge in [0.05, 0.1) is 6.61 Å². The van der Waals surface area contributed by atoms with Crippen LogP contribution in [-0.2, 0) is 0 Å². The molecule has 0 saturated carbocycles. The summed E-state index contributed by atoms with van der Waals surface area (Å²) >= 11 is 0. The van der Waals surface area contributed by atoms with Gasteiger partial charge in [0.1, 0.15) is 0 Å². The number of aliphatic hydroxyl groups is 1. The van der Waals surface area contributed by atoms with Gasteiger partial charge in [0.2, 0.25) is 0 Å². The minimum absolute atomic E-state index is 0.0875. The molecule has 2 atom stereocenters. The van der Waals surface area contributed by atoms with Crippen LogP contribution in [0.3, 0.4) is 0 Å². The number of aliphatic hydroxyl groups excluding tert-OH is 1. The molecule has 0 aliphatic carbocycles. The third-order valence-electron chi connectivity index (χ3n) is 2.81. The number of rotatable bonds is 7. The molecule has 0 radical (unpaired) electrons. The zero-order valence-electron chi connectivity index (χ0n) is 9.56. The smallest absolute Gasteiger partial charge is 0.0610 e. The highest BCUT2D eigenvalue weighted by Gasteiger charge is 2.23. The van der Waals surface area contributed by atoms with E-state index in [4.69, 9.17) is 0 Å². The monoisotopic (exact) mass is 187 g/mol. The Hall–Kier alpha value is -0.0800. The van der Waals surface area contributed by atoms with Crippen molar-refractivity contribution in [3.05, 3.63) is 0 Å². The maximum Gasteiger partial charge on any atom is 0.0610 e. The molecule has 0 fully saturated rings. The van der Waals surface area contributed by atoms with Gasteiger partial charge in [0.15, 0.2) is 0 Å². The van der Waals surface area contributed by atoms with Crippen molar-refractivity contribution in [1.82, 2.24) is 5.32 Å². The Bertz CT molecular complexity index is 121. The average molecular weight is 187 g/mol. The van der Waals surface area contributed by atoms with E-state index in [1.165, 1.54) is 12.8 Å². The zero-order chi connectivity index (χ0) is 10.3. The molecule has 13 heavy (non-hydrogen) atoms. The normalized spacial score (nSPS) is 18.2. The lowest BCUT2D eigenvalue weighted by atomic mass is 9.97. The van der Waals surface area contributed by atoms with Crippen LogP contribution < -0.4 is 5.32 Å². The maximum atomic E-state index is 9.24. The number of hydrogen-bond donors (Lipinski definition) is 2. The molecule has 2 N–H and O–H groups in total. The van der Waals surface area contributed by atoms with Gasteiger partial charge in [-0.05, 0) is 26.2 Å². The maximum absolute atomic E-state index is 9.24. The largest absolute Gasteiger partial charge is 0.394 e. The van der Waals surface area contributed by atoms with Crippen molar-refractivity contribution in [2.45, 2.75) is 65.0 Å². The fourth-order valence-electron chi connectivity index (χ4n) is 1.48. The molecule has 2 heteroatoms. The minimum Gasteiger partial charge on any atom is -0.394 e. The van der Waals surface area contributed by atoms with E-state index in [1.54, 1.807) is 0 Å². The first-order valence-corrected chi connectivity index (χ1v) is 5.50. The third-order valence-corrected chi connectivity index (χ3v) is 2.81. The molecule has 0 saturated heterocycles. The van der Waals surface area contributed by atoms with E-state index in [9.17, 15) is 5.11 Å². The first kappa shape index (κ1) is 12.9. The molecule has 0 spiro atoms. The summed E-state index contributed by atoms with van der Waals surface area (Å²) in [7, 11) is 0. The predicted octanol–water partition coefficient (Wildman–Crippen LogP) is 2.32. The average Bonchev–Trinajstić information content (AvgIpc) is 2.17. The Kier molecular flexibility index (Phi) is 6.35. The molecule has 2 nitrogen and oxygen atoms in total. The summed E-state index contributed by atoms with van der Waals surface area (Å²) < 4.78 is 0. The van der Waals surface area contributed by atoms with E-state index < -0.39 is 0 Å². The Morgan fingerprint density at radius 3 is 2.23 bits per heavy atom. The molecule has 0 bridgehead atoms. The molecular formula is C11H25NO. The standard InChI is InChI=1S/C11H25NO/c1-5-8-10(6-2)12-11(4,7-3)9-13/h10,12-13H,5-9H2,1-4H3. The van der Waals surface area contributed by atoms with Crippen LogP contribution in [0.4, 0.5) is 0 Å². The lowest BCUT2D eigenvalue weighted by molar-refractivity contribution is 0.153. The molecule has 0 aromatic heterocycles. The molecule has 0 amide bonds. The van der Waals surface area contributed by atoms with Crippen LogP contribution >= 0.6 is 0 Å². The minimum atomic E-state index is -0.0875. The van der Waals surface area contributed by atoms with Crippen molar-refractivity contribution in [3.63, 3.8) is 0 Å². The Morgan fingerprint density at radius 2 is 1.92 bits per heavy atom. The second-order valence-corrected chi connectivity index (χ2v) is 4.11. The first-order valence-electron chi connectivity index (χ1n) is 5.50.